The molecule has 0 bridgehead atoms. The third kappa shape index (κ3) is 1.70. The Morgan fingerprint density at radius 3 is 2.36 bits per heavy atom. The molecule has 0 saturated carbocycles. The Balaban J connectivity index is 0.000000980. The highest BCUT2D eigenvalue weighted by Gasteiger charge is 2.07. The Kier molecular flexibility index (Phi) is 3.09. The first-order valence-electron chi connectivity index (χ1n) is 3.83. The molecular formula is C9H9ClFN3. The fourth-order valence-electron chi connectivity index (χ4n) is 1.10. The standard InChI is InChI=1S/C9H8FN3.ClH/c10-9-8(11)6-12-13(9)7-4-2-1-3-5-7;/h1-6H,11H2;1H. The minimum atomic E-state index is -0.522. The zero-order chi connectivity index (χ0) is 9.26. The topological polar surface area (TPSA) is 43.8 Å². The molecule has 0 saturated heterocycles. The van der Waals surface area contributed by atoms with Gasteiger partial charge in [0.05, 0.1) is 11.9 Å². The largest absolute Gasteiger partial charge is 0.394 e. The lowest BCUT2D eigenvalue weighted by molar-refractivity contribution is 0.540. The van der Waals surface area contributed by atoms with Gasteiger partial charge in [-0.1, -0.05) is 18.2 Å². The van der Waals surface area contributed by atoms with Crippen LogP contribution < -0.4 is 5.73 Å². The average molecular weight is 214 g/mol. The number of aromatic nitrogens is 2. The van der Waals surface area contributed by atoms with Gasteiger partial charge < -0.3 is 5.73 Å². The molecule has 0 fully saturated rings. The van der Waals surface area contributed by atoms with Gasteiger partial charge in [0.1, 0.15) is 5.69 Å². The van der Waals surface area contributed by atoms with Gasteiger partial charge >= 0.3 is 0 Å². The summed E-state index contributed by atoms with van der Waals surface area (Å²) in [4.78, 5) is 0. The van der Waals surface area contributed by atoms with Gasteiger partial charge in [-0.3, -0.25) is 0 Å². The van der Waals surface area contributed by atoms with Crippen molar-refractivity contribution in [2.45, 2.75) is 0 Å². The van der Waals surface area contributed by atoms with E-state index in [1.807, 2.05) is 18.2 Å². The predicted molar refractivity (Wildman–Crippen MR) is 55.2 cm³/mol. The summed E-state index contributed by atoms with van der Waals surface area (Å²) in [5, 5.41) is 3.80. The highest BCUT2D eigenvalue weighted by Crippen LogP contribution is 2.13. The quantitative estimate of drug-likeness (QED) is 0.788. The van der Waals surface area contributed by atoms with E-state index in [9.17, 15) is 4.39 Å². The first kappa shape index (κ1) is 10.5. The van der Waals surface area contributed by atoms with Crippen molar-refractivity contribution in [1.29, 1.82) is 0 Å². The van der Waals surface area contributed by atoms with Crippen LogP contribution in [0.1, 0.15) is 0 Å². The molecule has 2 rings (SSSR count). The minimum Gasteiger partial charge on any atom is -0.394 e. The third-order valence-electron chi connectivity index (χ3n) is 1.74. The summed E-state index contributed by atoms with van der Waals surface area (Å²) in [5.41, 5.74) is 6.04. The zero-order valence-electron chi connectivity index (χ0n) is 7.22. The van der Waals surface area contributed by atoms with Crippen LogP contribution in [0.5, 0.6) is 0 Å². The van der Waals surface area contributed by atoms with Gasteiger partial charge in [0, 0.05) is 0 Å². The minimum absolute atomic E-state index is 0. The molecule has 0 aliphatic heterocycles. The van der Waals surface area contributed by atoms with Gasteiger partial charge in [-0.25, -0.2) is 4.68 Å². The number of nitrogens with two attached hydrogens (primary N) is 1. The molecule has 1 aromatic carbocycles. The normalized spacial score (nSPS) is 9.50. The molecular weight excluding hydrogens is 205 g/mol. The monoisotopic (exact) mass is 213 g/mol. The maximum Gasteiger partial charge on any atom is 0.239 e. The molecule has 74 valence electrons. The van der Waals surface area contributed by atoms with E-state index in [2.05, 4.69) is 5.10 Å². The summed E-state index contributed by atoms with van der Waals surface area (Å²) in [6, 6.07) is 9.00. The highest BCUT2D eigenvalue weighted by molar-refractivity contribution is 5.85. The van der Waals surface area contributed by atoms with E-state index < -0.39 is 5.95 Å². The zero-order valence-corrected chi connectivity index (χ0v) is 8.04. The van der Waals surface area contributed by atoms with E-state index >= 15 is 0 Å². The van der Waals surface area contributed by atoms with Crippen LogP contribution in [0.25, 0.3) is 5.69 Å². The second kappa shape index (κ2) is 4.11. The Morgan fingerprint density at radius 1 is 1.21 bits per heavy atom. The lowest BCUT2D eigenvalue weighted by Gasteiger charge is -2.00. The van der Waals surface area contributed by atoms with Crippen molar-refractivity contribution >= 4 is 18.1 Å². The molecule has 0 radical (unpaired) electrons. The highest BCUT2D eigenvalue weighted by atomic mass is 35.5. The van der Waals surface area contributed by atoms with Gasteiger partial charge in [0.15, 0.2) is 0 Å². The van der Waals surface area contributed by atoms with Crippen LogP contribution in [0.3, 0.4) is 0 Å². The molecule has 3 nitrogen and oxygen atoms in total. The molecule has 2 N–H and O–H groups in total. The first-order chi connectivity index (χ1) is 6.29. The number of hydrogen-bond donors (Lipinski definition) is 1. The third-order valence-corrected chi connectivity index (χ3v) is 1.74. The number of nitrogens with zero attached hydrogens (tertiary/aromatic N) is 2. The Bertz CT molecular complexity index is 413. The average Bonchev–Trinajstić information content (AvgIpc) is 2.49. The summed E-state index contributed by atoms with van der Waals surface area (Å²) in [6.07, 6.45) is 1.29. The number of halogens is 2. The number of hydrogen-bond acceptors (Lipinski definition) is 2. The van der Waals surface area contributed by atoms with Gasteiger partial charge in [0.25, 0.3) is 0 Å². The van der Waals surface area contributed by atoms with Crippen molar-refractivity contribution in [2.75, 3.05) is 5.73 Å². The van der Waals surface area contributed by atoms with E-state index in [1.165, 1.54) is 6.20 Å². The smallest absolute Gasteiger partial charge is 0.239 e. The molecule has 0 atom stereocenters. The first-order valence-corrected chi connectivity index (χ1v) is 3.83. The number of benzene rings is 1. The van der Waals surface area contributed by atoms with Gasteiger partial charge in [-0.15, -0.1) is 12.4 Å². The van der Waals surface area contributed by atoms with Gasteiger partial charge in [0.2, 0.25) is 5.95 Å². The second-order valence-corrected chi connectivity index (χ2v) is 2.64. The summed E-state index contributed by atoms with van der Waals surface area (Å²) in [5.74, 6) is -0.522. The lowest BCUT2D eigenvalue weighted by atomic mass is 10.3. The van der Waals surface area contributed by atoms with E-state index in [4.69, 9.17) is 5.73 Å². The van der Waals surface area contributed by atoms with Crippen LogP contribution in [0, 0.1) is 5.95 Å². The van der Waals surface area contributed by atoms with Crippen molar-refractivity contribution in [1.82, 2.24) is 9.78 Å². The maximum absolute atomic E-state index is 13.2. The molecule has 14 heavy (non-hydrogen) atoms. The van der Waals surface area contributed by atoms with Crippen LogP contribution in [0.2, 0.25) is 0 Å². The van der Waals surface area contributed by atoms with Crippen molar-refractivity contribution in [3.63, 3.8) is 0 Å². The second-order valence-electron chi connectivity index (χ2n) is 2.64. The molecule has 1 aromatic heterocycles. The van der Waals surface area contributed by atoms with Crippen LogP contribution in [-0.4, -0.2) is 9.78 Å². The maximum atomic E-state index is 13.2. The molecule has 5 heteroatoms. The molecule has 1 heterocycles. The summed E-state index contributed by atoms with van der Waals surface area (Å²) < 4.78 is 14.4. The fraction of sp³-hybridized carbons (Fsp3) is 0. The molecule has 2 aromatic rings. The van der Waals surface area contributed by atoms with Crippen LogP contribution in [0.15, 0.2) is 36.5 Å². The van der Waals surface area contributed by atoms with E-state index in [0.717, 1.165) is 4.68 Å². The Labute approximate surface area is 86.8 Å². The summed E-state index contributed by atoms with van der Waals surface area (Å²) in [7, 11) is 0. The number of para-hydroxylation sites is 1. The summed E-state index contributed by atoms with van der Waals surface area (Å²) in [6.45, 7) is 0. The van der Waals surface area contributed by atoms with Crippen molar-refractivity contribution < 1.29 is 4.39 Å². The molecule has 0 unspecified atom stereocenters. The molecule has 0 aliphatic carbocycles. The van der Waals surface area contributed by atoms with Crippen molar-refractivity contribution in [3.05, 3.63) is 42.5 Å². The van der Waals surface area contributed by atoms with Gasteiger partial charge in [-0.05, 0) is 12.1 Å². The number of nitrogen functional groups attached to an aromatic ring is 1. The van der Waals surface area contributed by atoms with Crippen LogP contribution in [0.4, 0.5) is 10.1 Å². The molecule has 0 spiro atoms. The van der Waals surface area contributed by atoms with E-state index in [0.29, 0.717) is 5.69 Å². The molecule has 0 aliphatic rings. The molecule has 0 amide bonds. The van der Waals surface area contributed by atoms with E-state index in [1.54, 1.807) is 12.1 Å². The predicted octanol–water partition coefficient (Wildman–Crippen LogP) is 2.02. The lowest BCUT2D eigenvalue weighted by Crippen LogP contribution is -1.99. The Morgan fingerprint density at radius 2 is 1.86 bits per heavy atom. The fourth-order valence-corrected chi connectivity index (χ4v) is 1.10. The number of anilines is 1. The van der Waals surface area contributed by atoms with Crippen molar-refractivity contribution in [3.8, 4) is 5.69 Å². The summed E-state index contributed by atoms with van der Waals surface area (Å²) >= 11 is 0. The van der Waals surface area contributed by atoms with Crippen LogP contribution >= 0.6 is 12.4 Å². The SMILES string of the molecule is Cl.Nc1cnn(-c2ccccc2)c1F. The van der Waals surface area contributed by atoms with Gasteiger partial charge in [-0.2, -0.15) is 9.49 Å². The Hall–Kier alpha value is -1.55. The van der Waals surface area contributed by atoms with Crippen molar-refractivity contribution in [2.24, 2.45) is 0 Å². The van der Waals surface area contributed by atoms with E-state index in [-0.39, 0.29) is 18.1 Å². The number of rotatable bonds is 1. The van der Waals surface area contributed by atoms with Crippen LogP contribution in [-0.2, 0) is 0 Å².